The van der Waals surface area contributed by atoms with E-state index in [0.29, 0.717) is 11.4 Å². The van der Waals surface area contributed by atoms with Crippen LogP contribution < -0.4 is 19.1 Å². The smallest absolute Gasteiger partial charge is 0.264 e. The molecule has 0 heterocycles. The molecule has 0 aliphatic rings. The Bertz CT molecular complexity index is 1220. The van der Waals surface area contributed by atoms with Crippen molar-refractivity contribution in [3.63, 3.8) is 0 Å². The van der Waals surface area contributed by atoms with Crippen LogP contribution in [0.2, 0.25) is 0 Å². The second-order valence-corrected chi connectivity index (χ2v) is 10.8. The van der Waals surface area contributed by atoms with Crippen LogP contribution in [0.4, 0.5) is 5.69 Å². The molecule has 3 aromatic rings. The van der Waals surface area contributed by atoms with E-state index in [0.717, 1.165) is 15.6 Å². The van der Waals surface area contributed by atoms with Crippen LogP contribution in [0, 0.1) is 0 Å². The van der Waals surface area contributed by atoms with E-state index in [1.54, 1.807) is 42.5 Å². The van der Waals surface area contributed by atoms with Crippen LogP contribution in [0.15, 0.2) is 83.8 Å². The summed E-state index contributed by atoms with van der Waals surface area (Å²) in [7, 11) is -2.47. The lowest BCUT2D eigenvalue weighted by Gasteiger charge is -2.24. The number of carbonyl (C=O) groups excluding carboxylic acids is 1. The van der Waals surface area contributed by atoms with Gasteiger partial charge in [0.05, 0.1) is 24.2 Å². The highest BCUT2D eigenvalue weighted by molar-refractivity contribution is 7.92. The number of nitrogens with zero attached hydrogens (tertiary/aromatic N) is 1. The van der Waals surface area contributed by atoms with Gasteiger partial charge in [-0.15, -0.1) is 0 Å². The molecule has 0 unspecified atom stereocenters. The Morgan fingerprint density at radius 3 is 2.17 bits per heavy atom. The molecule has 3 rings (SSSR count). The predicted molar refractivity (Wildman–Crippen MR) is 138 cm³/mol. The summed E-state index contributed by atoms with van der Waals surface area (Å²) in [6, 6.07) is 22.4. The van der Waals surface area contributed by atoms with Crippen molar-refractivity contribution in [1.82, 2.24) is 5.32 Å². The highest BCUT2D eigenvalue weighted by Gasteiger charge is 2.27. The fraction of sp³-hybridized carbons (Fsp3) is 0.296. The first-order chi connectivity index (χ1) is 16.6. The van der Waals surface area contributed by atoms with Crippen molar-refractivity contribution in [2.24, 2.45) is 0 Å². The number of hydrogen-bond acceptors (Lipinski definition) is 5. The van der Waals surface area contributed by atoms with Crippen molar-refractivity contribution in [3.05, 3.63) is 84.4 Å². The number of amides is 1. The van der Waals surface area contributed by atoms with Crippen LogP contribution in [0.5, 0.6) is 11.5 Å². The van der Waals surface area contributed by atoms with Crippen LogP contribution in [0.25, 0.3) is 0 Å². The second kappa shape index (κ2) is 11.3. The topological polar surface area (TPSA) is 84.9 Å². The number of hydrogen-bond donors (Lipinski definition) is 1. The van der Waals surface area contributed by atoms with Crippen LogP contribution in [0.3, 0.4) is 0 Å². The maximum absolute atomic E-state index is 13.4. The highest BCUT2D eigenvalue weighted by Crippen LogP contribution is 2.31. The van der Waals surface area contributed by atoms with Gasteiger partial charge in [0.1, 0.15) is 24.7 Å². The number of para-hydroxylation sites is 2. The first-order valence-corrected chi connectivity index (χ1v) is 12.8. The highest BCUT2D eigenvalue weighted by atomic mass is 32.2. The van der Waals surface area contributed by atoms with Gasteiger partial charge in [0.25, 0.3) is 10.0 Å². The van der Waals surface area contributed by atoms with Crippen molar-refractivity contribution >= 4 is 21.6 Å². The Morgan fingerprint density at radius 2 is 1.54 bits per heavy atom. The normalized spacial score (nSPS) is 11.5. The van der Waals surface area contributed by atoms with Crippen molar-refractivity contribution in [2.75, 3.05) is 31.1 Å². The molecular weight excluding hydrogens is 464 g/mol. The van der Waals surface area contributed by atoms with E-state index in [4.69, 9.17) is 9.47 Å². The average molecular weight is 497 g/mol. The van der Waals surface area contributed by atoms with E-state index >= 15 is 0 Å². The Hall–Kier alpha value is -3.52. The van der Waals surface area contributed by atoms with Gasteiger partial charge in [-0.2, -0.15) is 0 Å². The lowest BCUT2D eigenvalue weighted by molar-refractivity contribution is -0.119. The van der Waals surface area contributed by atoms with Crippen LogP contribution in [0.1, 0.15) is 26.3 Å². The second-order valence-electron chi connectivity index (χ2n) is 8.97. The summed E-state index contributed by atoms with van der Waals surface area (Å²) in [5, 5.41) is 2.76. The third-order valence-electron chi connectivity index (χ3n) is 5.36. The molecule has 0 spiro atoms. The zero-order chi connectivity index (χ0) is 25.5. The minimum atomic E-state index is -3.98. The lowest BCUT2D eigenvalue weighted by atomic mass is 9.86. The SMILES string of the molecule is COc1ccc(S(=O)(=O)N(CC(=O)NCCOc2ccccc2C(C)(C)C)c2ccccc2)cc1. The van der Waals surface area contributed by atoms with Gasteiger partial charge in [0.15, 0.2) is 0 Å². The van der Waals surface area contributed by atoms with Crippen LogP contribution in [-0.2, 0) is 20.2 Å². The minimum absolute atomic E-state index is 0.0667. The van der Waals surface area contributed by atoms with E-state index in [1.165, 1.54) is 19.2 Å². The van der Waals surface area contributed by atoms with Gasteiger partial charge in [-0.1, -0.05) is 57.2 Å². The van der Waals surface area contributed by atoms with Crippen LogP contribution in [-0.4, -0.2) is 41.1 Å². The molecule has 7 nitrogen and oxygen atoms in total. The molecule has 1 N–H and O–H groups in total. The number of rotatable bonds is 10. The molecule has 8 heteroatoms. The molecule has 1 amide bonds. The Balaban J connectivity index is 1.68. The molecule has 0 atom stereocenters. The number of benzene rings is 3. The van der Waals surface area contributed by atoms with Gasteiger partial charge in [-0.25, -0.2) is 8.42 Å². The molecule has 0 aromatic heterocycles. The third-order valence-corrected chi connectivity index (χ3v) is 7.14. The molecule has 0 saturated carbocycles. The summed E-state index contributed by atoms with van der Waals surface area (Å²) in [6.07, 6.45) is 0. The van der Waals surface area contributed by atoms with Gasteiger partial charge in [-0.3, -0.25) is 9.10 Å². The molecule has 0 radical (unpaired) electrons. The number of carbonyl (C=O) groups is 1. The molecule has 0 saturated heterocycles. The van der Waals surface area contributed by atoms with Crippen molar-refractivity contribution in [1.29, 1.82) is 0 Å². The summed E-state index contributed by atoms with van der Waals surface area (Å²) in [5.41, 5.74) is 1.40. The minimum Gasteiger partial charge on any atom is -0.497 e. The summed E-state index contributed by atoms with van der Waals surface area (Å²) < 4.78 is 38.9. The summed E-state index contributed by atoms with van der Waals surface area (Å²) in [4.78, 5) is 12.8. The molecule has 3 aromatic carbocycles. The maximum Gasteiger partial charge on any atom is 0.264 e. The van der Waals surface area contributed by atoms with E-state index in [-0.39, 0.29) is 30.0 Å². The fourth-order valence-corrected chi connectivity index (χ4v) is 4.96. The Labute approximate surface area is 207 Å². The van der Waals surface area contributed by atoms with Crippen molar-refractivity contribution in [2.45, 2.75) is 31.1 Å². The monoisotopic (exact) mass is 496 g/mol. The van der Waals surface area contributed by atoms with Gasteiger partial charge >= 0.3 is 0 Å². The third kappa shape index (κ3) is 6.76. The summed E-state index contributed by atoms with van der Waals surface area (Å²) in [5.74, 6) is 0.877. The van der Waals surface area contributed by atoms with Gasteiger partial charge < -0.3 is 14.8 Å². The van der Waals surface area contributed by atoms with E-state index in [2.05, 4.69) is 26.1 Å². The lowest BCUT2D eigenvalue weighted by Crippen LogP contribution is -2.41. The molecule has 35 heavy (non-hydrogen) atoms. The predicted octanol–water partition coefficient (Wildman–Crippen LogP) is 4.38. The van der Waals surface area contributed by atoms with E-state index in [9.17, 15) is 13.2 Å². The number of nitrogens with one attached hydrogen (secondary N) is 1. The fourth-order valence-electron chi connectivity index (χ4n) is 3.53. The van der Waals surface area contributed by atoms with Gasteiger partial charge in [0.2, 0.25) is 5.91 Å². The molecule has 186 valence electrons. The number of ether oxygens (including phenoxy) is 2. The number of anilines is 1. The Kier molecular flexibility index (Phi) is 8.40. The van der Waals surface area contributed by atoms with Crippen LogP contribution >= 0.6 is 0 Å². The summed E-state index contributed by atoms with van der Waals surface area (Å²) >= 11 is 0. The number of sulfonamides is 1. The quantitative estimate of drug-likeness (QED) is 0.421. The van der Waals surface area contributed by atoms with Crippen molar-refractivity contribution in [3.8, 4) is 11.5 Å². The standard InChI is InChI=1S/C27H32N2O5S/c1-27(2,3)24-12-8-9-13-25(24)34-19-18-28-26(30)20-29(21-10-6-5-7-11-21)35(31,32)23-16-14-22(33-4)15-17-23/h5-17H,18-20H2,1-4H3,(H,28,30). The Morgan fingerprint density at radius 1 is 0.914 bits per heavy atom. The maximum atomic E-state index is 13.4. The molecular formula is C27H32N2O5S. The molecule has 0 aliphatic carbocycles. The zero-order valence-electron chi connectivity index (χ0n) is 20.5. The first-order valence-electron chi connectivity index (χ1n) is 11.3. The molecule has 0 bridgehead atoms. The van der Waals surface area contributed by atoms with Crippen molar-refractivity contribution < 1.29 is 22.7 Å². The van der Waals surface area contributed by atoms with Gasteiger partial charge in [-0.05, 0) is 53.4 Å². The van der Waals surface area contributed by atoms with Gasteiger partial charge in [0, 0.05) is 0 Å². The summed E-state index contributed by atoms with van der Waals surface area (Å²) in [6.45, 7) is 6.46. The zero-order valence-corrected chi connectivity index (χ0v) is 21.3. The van der Waals surface area contributed by atoms with E-state index in [1.807, 2.05) is 24.3 Å². The largest absolute Gasteiger partial charge is 0.497 e. The molecule has 0 aliphatic heterocycles. The first kappa shape index (κ1) is 26.1. The number of methoxy groups -OCH3 is 1. The average Bonchev–Trinajstić information content (AvgIpc) is 2.85. The molecule has 0 fully saturated rings. The van der Waals surface area contributed by atoms with E-state index < -0.39 is 15.9 Å².